The molecule has 6 aromatic rings. The molecule has 1 fully saturated rings. The molecule has 0 aliphatic carbocycles. The minimum absolute atomic E-state index is 0. The Balaban J connectivity index is 0.000000497. The number of aryl methyl sites for hydroxylation is 3. The zero-order chi connectivity index (χ0) is 55.5. The highest BCUT2D eigenvalue weighted by Gasteiger charge is 2.51. The second-order valence-electron chi connectivity index (χ2n) is 18.7. The molecular formula is C55H73B2Br3N6O10. The van der Waals surface area contributed by atoms with Crippen LogP contribution in [0.5, 0.6) is 0 Å². The van der Waals surface area contributed by atoms with E-state index in [0.29, 0.717) is 39.4 Å². The molecule has 0 saturated carbocycles. The number of rotatable bonds is 10. The molecule has 0 spiro atoms. The van der Waals surface area contributed by atoms with Crippen LogP contribution in [0.4, 0.5) is 0 Å². The van der Waals surface area contributed by atoms with Gasteiger partial charge in [0.05, 0.1) is 97.3 Å². The fraction of sp³-hybridized carbons (Fsp3) is 0.400. The molecular weight excluding hydrogens is 1170 g/mol. The zero-order valence-electron chi connectivity index (χ0n) is 44.4. The molecule has 3 aromatic carbocycles. The Morgan fingerprint density at radius 2 is 0.934 bits per heavy atom. The second kappa shape index (κ2) is 32.5. The molecule has 21 heteroatoms. The molecule has 0 radical (unpaired) electrons. The summed E-state index contributed by atoms with van der Waals surface area (Å²) in [5.41, 5.74) is 8.87. The summed E-state index contributed by atoms with van der Waals surface area (Å²) in [5.74, 6) is -0.0481. The summed E-state index contributed by atoms with van der Waals surface area (Å²) in [6.45, 7) is 21.9. The van der Waals surface area contributed by atoms with E-state index in [1.807, 2.05) is 105 Å². The van der Waals surface area contributed by atoms with Gasteiger partial charge in [0.25, 0.3) is 0 Å². The van der Waals surface area contributed by atoms with Crippen molar-refractivity contribution in [1.82, 2.24) is 29.9 Å². The number of hydrogen-bond acceptors (Lipinski definition) is 16. The van der Waals surface area contributed by atoms with Gasteiger partial charge in [0.15, 0.2) is 0 Å². The number of carbonyl (C=O) groups is 3. The van der Waals surface area contributed by atoms with Gasteiger partial charge in [-0.15, -0.1) is 0 Å². The number of ether oxygens (including phenoxy) is 3. The van der Waals surface area contributed by atoms with Crippen LogP contribution in [-0.2, 0) is 29.9 Å². The Morgan fingerprint density at radius 3 is 1.22 bits per heavy atom. The minimum atomic E-state index is -1.13. The fourth-order valence-corrected chi connectivity index (χ4v) is 7.30. The summed E-state index contributed by atoms with van der Waals surface area (Å²) < 4.78 is 28.4. The van der Waals surface area contributed by atoms with E-state index in [1.165, 1.54) is 21.3 Å². The summed E-state index contributed by atoms with van der Waals surface area (Å²) in [6, 6.07) is 16.5. The maximum atomic E-state index is 11.6. The van der Waals surface area contributed by atoms with E-state index >= 15 is 0 Å². The van der Waals surface area contributed by atoms with Crippen molar-refractivity contribution in [1.29, 1.82) is 0 Å². The SMILES string of the molecule is Brc1cnc(Br)cn1.C.C.CC(C)CB(O)O.COC(=O)c1ccc(-c2cnc(Br)cn2)cc1C.COC(=O)c1ccc(-c2cnc(CC(C)C)cn2)cc1C.COC(=O)c1ccc(B2OC(C)(C)C(C)(C)O2)cc1C. The van der Waals surface area contributed by atoms with Crippen LogP contribution in [0.25, 0.3) is 22.5 Å². The Morgan fingerprint density at radius 1 is 0.566 bits per heavy atom. The molecule has 76 heavy (non-hydrogen) atoms. The maximum absolute atomic E-state index is 11.6. The van der Waals surface area contributed by atoms with Crippen LogP contribution in [0, 0.1) is 32.6 Å². The van der Waals surface area contributed by atoms with Crippen molar-refractivity contribution in [2.24, 2.45) is 11.8 Å². The Kier molecular flexibility index (Phi) is 29.4. The fourth-order valence-electron chi connectivity index (χ4n) is 6.68. The molecule has 0 unspecified atom stereocenters. The predicted octanol–water partition coefficient (Wildman–Crippen LogP) is 11.9. The van der Waals surface area contributed by atoms with Crippen LogP contribution in [0.3, 0.4) is 0 Å². The predicted molar refractivity (Wildman–Crippen MR) is 312 cm³/mol. The largest absolute Gasteiger partial charge is 0.494 e. The van der Waals surface area contributed by atoms with E-state index in [1.54, 1.807) is 49.2 Å². The zero-order valence-corrected chi connectivity index (χ0v) is 49.1. The van der Waals surface area contributed by atoms with Gasteiger partial charge in [0.1, 0.15) is 13.8 Å². The third-order valence-electron chi connectivity index (χ3n) is 11.3. The van der Waals surface area contributed by atoms with Gasteiger partial charge in [-0.3, -0.25) is 15.0 Å². The van der Waals surface area contributed by atoms with Gasteiger partial charge in [-0.1, -0.05) is 66.8 Å². The molecule has 1 saturated heterocycles. The smallest absolute Gasteiger partial charge is 0.465 e. The van der Waals surface area contributed by atoms with Crippen molar-refractivity contribution in [2.75, 3.05) is 21.3 Å². The average molecular weight is 1240 g/mol. The molecule has 1 aliphatic heterocycles. The number of nitrogens with zero attached hydrogens (tertiary/aromatic N) is 6. The highest BCUT2D eigenvalue weighted by Crippen LogP contribution is 2.36. The lowest BCUT2D eigenvalue weighted by atomic mass is 9.78. The van der Waals surface area contributed by atoms with Crippen molar-refractivity contribution in [3.8, 4) is 22.5 Å². The van der Waals surface area contributed by atoms with Crippen molar-refractivity contribution < 1.29 is 48.0 Å². The summed E-state index contributed by atoms with van der Waals surface area (Å²) in [4.78, 5) is 59.7. The first-order chi connectivity index (χ1) is 34.7. The third kappa shape index (κ3) is 21.6. The average Bonchev–Trinajstić information content (AvgIpc) is 3.57. The maximum Gasteiger partial charge on any atom is 0.494 e. The lowest BCUT2D eigenvalue weighted by molar-refractivity contribution is 0.00578. The lowest BCUT2D eigenvalue weighted by Gasteiger charge is -2.32. The van der Waals surface area contributed by atoms with Crippen LogP contribution < -0.4 is 5.46 Å². The molecule has 7 rings (SSSR count). The van der Waals surface area contributed by atoms with E-state index in [9.17, 15) is 14.4 Å². The molecule has 1 aliphatic rings. The number of benzene rings is 3. The Bertz CT molecular complexity index is 2730. The second-order valence-corrected chi connectivity index (χ2v) is 21.1. The van der Waals surface area contributed by atoms with Crippen molar-refractivity contribution in [3.63, 3.8) is 0 Å². The molecule has 0 amide bonds. The van der Waals surface area contributed by atoms with Crippen LogP contribution in [0.1, 0.15) is 124 Å². The first-order valence-electron chi connectivity index (χ1n) is 23.4. The standard InChI is InChI=1S/C17H20N2O2.C15H21BO4.C13H11BrN2O2.C4H11BO2.C4H2Br2N2.2CH4/c1-11(2)7-14-9-19-16(10-18-14)13-5-6-15(12(3)8-13)17(20)21-4;1-10-9-11(7-8-12(10)13(17)18-6)16-19-14(2,3)15(4,5)20-16;1-8-5-9(3-4-10(8)13(17)18-2)11-6-16-12(14)7-15-11;1-4(2)3-5(6)7;5-3-1-7-4(6)2-8-3;;/h5-6,8-11H,7H2,1-4H3;7-9H,1-6H3;3-7H,1-2H3;4,6-7H,3H2,1-2H3;1-2H;2*1H4. The first-order valence-corrected chi connectivity index (χ1v) is 25.8. The number of aromatic nitrogens is 6. The highest BCUT2D eigenvalue weighted by atomic mass is 79.9. The summed E-state index contributed by atoms with van der Waals surface area (Å²) in [7, 11) is 2.60. The molecule has 410 valence electrons. The van der Waals surface area contributed by atoms with Crippen molar-refractivity contribution in [2.45, 2.75) is 115 Å². The van der Waals surface area contributed by atoms with E-state index in [2.05, 4.69) is 91.5 Å². The first kappa shape index (κ1) is 68.7. The topological polar surface area (TPSA) is 215 Å². The van der Waals surface area contributed by atoms with E-state index < -0.39 is 14.2 Å². The normalized spacial score (nSPS) is 12.5. The Labute approximate surface area is 475 Å². The van der Waals surface area contributed by atoms with Gasteiger partial charge in [-0.05, 0) is 173 Å². The van der Waals surface area contributed by atoms with Gasteiger partial charge < -0.3 is 33.6 Å². The molecule has 4 heterocycles. The third-order valence-corrected chi connectivity index (χ3v) is 12.5. The molecule has 0 bridgehead atoms. The van der Waals surface area contributed by atoms with Crippen LogP contribution >= 0.6 is 47.8 Å². The van der Waals surface area contributed by atoms with Gasteiger partial charge in [0.2, 0.25) is 0 Å². The molecule has 2 N–H and O–H groups in total. The van der Waals surface area contributed by atoms with Gasteiger partial charge in [-0.25, -0.2) is 29.3 Å². The van der Waals surface area contributed by atoms with Gasteiger partial charge >= 0.3 is 32.1 Å². The van der Waals surface area contributed by atoms with E-state index in [0.717, 1.165) is 66.0 Å². The number of methoxy groups -OCH3 is 3. The minimum Gasteiger partial charge on any atom is -0.465 e. The number of esters is 3. The van der Waals surface area contributed by atoms with Crippen LogP contribution in [-0.4, -0.2) is 105 Å². The highest BCUT2D eigenvalue weighted by molar-refractivity contribution is 9.11. The quantitative estimate of drug-likeness (QED) is 0.0741. The molecule has 0 atom stereocenters. The van der Waals surface area contributed by atoms with Crippen molar-refractivity contribution >= 4 is 85.4 Å². The van der Waals surface area contributed by atoms with Crippen LogP contribution in [0.2, 0.25) is 6.32 Å². The van der Waals surface area contributed by atoms with Crippen LogP contribution in [0.15, 0.2) is 106 Å². The monoisotopic (exact) mass is 1240 g/mol. The van der Waals surface area contributed by atoms with E-state index in [-0.39, 0.29) is 44.0 Å². The number of halogens is 3. The van der Waals surface area contributed by atoms with Crippen molar-refractivity contribution in [3.05, 3.63) is 145 Å². The molecule has 3 aromatic heterocycles. The van der Waals surface area contributed by atoms with Gasteiger partial charge in [0, 0.05) is 17.3 Å². The summed E-state index contributed by atoms with van der Waals surface area (Å²) >= 11 is 9.54. The Hall–Kier alpha value is -5.28. The van der Waals surface area contributed by atoms with Gasteiger partial charge in [-0.2, -0.15) is 0 Å². The number of carbonyl (C=O) groups excluding carboxylic acids is 3. The number of hydrogen-bond donors (Lipinski definition) is 2. The summed E-state index contributed by atoms with van der Waals surface area (Å²) in [5, 5.41) is 16.6. The lowest BCUT2D eigenvalue weighted by Crippen LogP contribution is -2.41. The summed E-state index contributed by atoms with van der Waals surface area (Å²) in [6.07, 6.45) is 11.6. The van der Waals surface area contributed by atoms with E-state index in [4.69, 9.17) is 33.6 Å². The molecule has 16 nitrogen and oxygen atoms in total.